The Labute approximate surface area is 154 Å². The monoisotopic (exact) mass is 357 g/mol. The summed E-state index contributed by atoms with van der Waals surface area (Å²) in [4.78, 5) is 23.6. The summed E-state index contributed by atoms with van der Waals surface area (Å²) >= 11 is 0. The molecular weight excluding hydrogens is 318 g/mol. The molecular formula is C20H39NO4. The molecule has 2 aliphatic rings. The summed E-state index contributed by atoms with van der Waals surface area (Å²) in [6.45, 7) is 5.21. The van der Waals surface area contributed by atoms with Gasteiger partial charge in [0.15, 0.2) is 0 Å². The number of ether oxygens (including phenoxy) is 2. The minimum atomic E-state index is 0. The molecule has 0 unspecified atom stereocenters. The van der Waals surface area contributed by atoms with Crippen molar-refractivity contribution in [1.29, 1.82) is 0 Å². The lowest BCUT2D eigenvalue weighted by molar-refractivity contribution is -0.131. The van der Waals surface area contributed by atoms with E-state index in [0.29, 0.717) is 24.7 Å². The van der Waals surface area contributed by atoms with E-state index in [2.05, 4.69) is 10.1 Å². The van der Waals surface area contributed by atoms with Gasteiger partial charge >= 0.3 is 0 Å². The smallest absolute Gasteiger partial charge is 0.222 e. The highest BCUT2D eigenvalue weighted by Crippen LogP contribution is 2.30. The third-order valence-electron chi connectivity index (χ3n) is 5.03. The molecule has 148 valence electrons. The first kappa shape index (κ1) is 22.1. The fourth-order valence-corrected chi connectivity index (χ4v) is 3.51. The largest absolute Gasteiger partial charge is 0.388 e. The van der Waals surface area contributed by atoms with E-state index >= 15 is 0 Å². The average Bonchev–Trinajstić information content (AvgIpc) is 2.55. The van der Waals surface area contributed by atoms with Crippen molar-refractivity contribution in [1.82, 2.24) is 5.32 Å². The molecule has 0 saturated heterocycles. The number of hydrogen-bond acceptors (Lipinski definition) is 4. The Kier molecular flexibility index (Phi) is 11.0. The highest BCUT2D eigenvalue weighted by atomic mass is 16.5. The Balaban J connectivity index is 0.00000146. The van der Waals surface area contributed by atoms with Gasteiger partial charge in [-0.1, -0.05) is 33.1 Å². The maximum absolute atomic E-state index is 11.8. The van der Waals surface area contributed by atoms with Crippen LogP contribution in [0.3, 0.4) is 0 Å². The summed E-state index contributed by atoms with van der Waals surface area (Å²) in [6.07, 6.45) is 8.63. The van der Waals surface area contributed by atoms with Crippen LogP contribution in [-0.2, 0) is 19.1 Å². The molecule has 2 rings (SSSR count). The van der Waals surface area contributed by atoms with Crippen LogP contribution < -0.4 is 5.32 Å². The SMILES string of the molecule is CC(C)C(=O)C1CC(NC(=O)CCOCC2CCCCC2)C1.COC.[HH]. The average molecular weight is 358 g/mol. The molecule has 1 amide bonds. The second-order valence-electron chi connectivity index (χ2n) is 7.73. The Bertz CT molecular complexity index is 391. The molecule has 5 nitrogen and oxygen atoms in total. The first-order valence-corrected chi connectivity index (χ1v) is 9.78. The van der Waals surface area contributed by atoms with Crippen molar-refractivity contribution >= 4 is 11.7 Å². The zero-order chi connectivity index (χ0) is 18.7. The number of carbonyl (C=O) groups excluding carboxylic acids is 2. The summed E-state index contributed by atoms with van der Waals surface area (Å²) in [6, 6.07) is 0.193. The van der Waals surface area contributed by atoms with Crippen LogP contribution in [0.1, 0.15) is 66.6 Å². The molecule has 2 fully saturated rings. The fourth-order valence-electron chi connectivity index (χ4n) is 3.51. The van der Waals surface area contributed by atoms with Crippen LogP contribution in [-0.4, -0.2) is 45.2 Å². The van der Waals surface area contributed by atoms with Crippen molar-refractivity contribution in [3.05, 3.63) is 0 Å². The molecule has 0 atom stereocenters. The summed E-state index contributed by atoms with van der Waals surface area (Å²) < 4.78 is 9.90. The van der Waals surface area contributed by atoms with Crippen molar-refractivity contribution in [3.63, 3.8) is 0 Å². The van der Waals surface area contributed by atoms with Crippen LogP contribution in [0.25, 0.3) is 0 Å². The number of methoxy groups -OCH3 is 1. The Morgan fingerprint density at radius 2 is 1.72 bits per heavy atom. The summed E-state index contributed by atoms with van der Waals surface area (Å²) in [7, 11) is 3.25. The number of nitrogens with one attached hydrogen (secondary N) is 1. The van der Waals surface area contributed by atoms with Gasteiger partial charge in [0.1, 0.15) is 5.78 Å². The molecule has 0 radical (unpaired) electrons. The maximum Gasteiger partial charge on any atom is 0.222 e. The molecule has 0 heterocycles. The zero-order valence-corrected chi connectivity index (χ0v) is 16.5. The van der Waals surface area contributed by atoms with Crippen molar-refractivity contribution in [2.75, 3.05) is 27.4 Å². The summed E-state index contributed by atoms with van der Waals surface area (Å²) in [5.41, 5.74) is 0. The lowest BCUT2D eigenvalue weighted by atomic mass is 9.75. The fraction of sp³-hybridized carbons (Fsp3) is 0.900. The third kappa shape index (κ3) is 8.82. The Morgan fingerprint density at radius 1 is 1.12 bits per heavy atom. The van der Waals surface area contributed by atoms with Crippen LogP contribution in [0.2, 0.25) is 0 Å². The number of Topliss-reactive ketones (excluding diaryl/α,β-unsaturated/α-hetero) is 1. The molecule has 0 bridgehead atoms. The second-order valence-corrected chi connectivity index (χ2v) is 7.73. The molecule has 2 aliphatic carbocycles. The standard InChI is InChI=1S/C18H31NO3.C2H6O.H2/c1-13(2)18(21)15-10-16(11-15)19-17(20)8-9-22-12-14-6-4-3-5-7-14;1-3-2;/h13-16H,3-12H2,1-2H3,(H,19,20);1-2H3;1H. The van der Waals surface area contributed by atoms with Gasteiger partial charge in [0, 0.05) is 46.6 Å². The highest BCUT2D eigenvalue weighted by Gasteiger charge is 2.35. The molecule has 0 spiro atoms. The number of ketones is 1. The van der Waals surface area contributed by atoms with Crippen molar-refractivity contribution < 1.29 is 20.5 Å². The van der Waals surface area contributed by atoms with Gasteiger partial charge in [-0.3, -0.25) is 9.59 Å². The minimum Gasteiger partial charge on any atom is -0.388 e. The highest BCUT2D eigenvalue weighted by molar-refractivity contribution is 5.84. The predicted octanol–water partition coefficient (Wildman–Crippen LogP) is 3.60. The van der Waals surface area contributed by atoms with Crippen LogP contribution in [0.15, 0.2) is 0 Å². The molecule has 0 aliphatic heterocycles. The quantitative estimate of drug-likeness (QED) is 0.674. The van der Waals surface area contributed by atoms with Gasteiger partial charge in [-0.05, 0) is 31.6 Å². The number of rotatable bonds is 8. The van der Waals surface area contributed by atoms with Crippen molar-refractivity contribution in [2.24, 2.45) is 17.8 Å². The maximum atomic E-state index is 11.8. The molecule has 25 heavy (non-hydrogen) atoms. The topological polar surface area (TPSA) is 64.6 Å². The zero-order valence-electron chi connectivity index (χ0n) is 16.5. The first-order chi connectivity index (χ1) is 12.0. The van der Waals surface area contributed by atoms with Gasteiger partial charge in [0.2, 0.25) is 5.91 Å². The van der Waals surface area contributed by atoms with E-state index < -0.39 is 0 Å². The number of hydrogen-bond donors (Lipinski definition) is 1. The van der Waals surface area contributed by atoms with Crippen LogP contribution in [0.5, 0.6) is 0 Å². The van der Waals surface area contributed by atoms with Crippen molar-refractivity contribution in [2.45, 2.75) is 71.3 Å². The second kappa shape index (κ2) is 12.4. The van der Waals surface area contributed by atoms with Gasteiger partial charge < -0.3 is 14.8 Å². The summed E-state index contributed by atoms with van der Waals surface area (Å²) in [5, 5.41) is 3.01. The van der Waals surface area contributed by atoms with Crippen LogP contribution >= 0.6 is 0 Å². The van der Waals surface area contributed by atoms with E-state index in [9.17, 15) is 9.59 Å². The first-order valence-electron chi connectivity index (χ1n) is 9.78. The van der Waals surface area contributed by atoms with E-state index in [1.165, 1.54) is 32.1 Å². The lowest BCUT2D eigenvalue weighted by Gasteiger charge is -2.35. The van der Waals surface area contributed by atoms with Gasteiger partial charge in [0.25, 0.3) is 0 Å². The van der Waals surface area contributed by atoms with E-state index in [0.717, 1.165) is 19.4 Å². The Morgan fingerprint density at radius 3 is 2.28 bits per heavy atom. The molecule has 0 aromatic carbocycles. The van der Waals surface area contributed by atoms with E-state index in [1.54, 1.807) is 14.2 Å². The molecule has 2 saturated carbocycles. The van der Waals surface area contributed by atoms with Gasteiger partial charge in [-0.15, -0.1) is 0 Å². The van der Waals surface area contributed by atoms with Crippen molar-refractivity contribution in [3.8, 4) is 0 Å². The molecule has 0 aromatic rings. The normalized spacial score (nSPS) is 23.4. The van der Waals surface area contributed by atoms with Gasteiger partial charge in [-0.2, -0.15) is 0 Å². The Hall–Kier alpha value is -0.940. The molecule has 5 heteroatoms. The lowest BCUT2D eigenvalue weighted by Crippen LogP contribution is -2.47. The van der Waals surface area contributed by atoms with Crippen LogP contribution in [0.4, 0.5) is 0 Å². The van der Waals surface area contributed by atoms with Gasteiger partial charge in [-0.25, -0.2) is 0 Å². The molecule has 1 N–H and O–H groups in total. The van der Waals surface area contributed by atoms with E-state index in [-0.39, 0.29) is 25.2 Å². The third-order valence-corrected chi connectivity index (χ3v) is 5.03. The molecule has 0 aromatic heterocycles. The van der Waals surface area contributed by atoms with E-state index in [1.807, 2.05) is 13.8 Å². The minimum absolute atomic E-state index is 0. The van der Waals surface area contributed by atoms with Gasteiger partial charge in [0.05, 0.1) is 6.61 Å². The van der Waals surface area contributed by atoms with E-state index in [4.69, 9.17) is 4.74 Å². The summed E-state index contributed by atoms with van der Waals surface area (Å²) in [5.74, 6) is 1.36. The number of carbonyl (C=O) groups is 2. The van der Waals surface area contributed by atoms with Crippen LogP contribution in [0, 0.1) is 17.8 Å². The number of amides is 1. The predicted molar refractivity (Wildman–Crippen MR) is 102 cm³/mol.